The van der Waals surface area contributed by atoms with Gasteiger partial charge in [-0.15, -0.1) is 0 Å². The first-order valence-corrected chi connectivity index (χ1v) is 6.77. The Kier molecular flexibility index (Phi) is 4.49. The summed E-state index contributed by atoms with van der Waals surface area (Å²) in [5.74, 6) is 0.841. The van der Waals surface area contributed by atoms with Crippen molar-refractivity contribution < 1.29 is 9.47 Å². The summed E-state index contributed by atoms with van der Waals surface area (Å²) in [6.45, 7) is 4.60. The number of hydrogen-bond donors (Lipinski definition) is 1. The van der Waals surface area contributed by atoms with Crippen molar-refractivity contribution in [3.8, 4) is 5.75 Å². The maximum Gasteiger partial charge on any atom is 0.124 e. The van der Waals surface area contributed by atoms with Gasteiger partial charge in [-0.3, -0.25) is 0 Å². The molecule has 0 aliphatic carbocycles. The molecule has 0 bridgehead atoms. The third-order valence-corrected chi connectivity index (χ3v) is 3.43. The molecule has 0 radical (unpaired) electrons. The molecule has 3 nitrogen and oxygen atoms in total. The van der Waals surface area contributed by atoms with E-state index in [1.165, 1.54) is 0 Å². The Balaban J connectivity index is 2.08. The first kappa shape index (κ1) is 13.7. The summed E-state index contributed by atoms with van der Waals surface area (Å²) < 4.78 is 11.8. The summed E-state index contributed by atoms with van der Waals surface area (Å²) in [4.78, 5) is 0. The maximum atomic E-state index is 6.05. The zero-order valence-corrected chi connectivity index (χ0v) is 11.6. The zero-order valence-electron chi connectivity index (χ0n) is 10.9. The molecule has 1 heterocycles. The summed E-state index contributed by atoms with van der Waals surface area (Å²) in [5.41, 5.74) is 6.67. The average Bonchev–Trinajstić information content (AvgIpc) is 2.30. The van der Waals surface area contributed by atoms with E-state index in [0.29, 0.717) is 11.6 Å². The van der Waals surface area contributed by atoms with E-state index in [2.05, 4.69) is 13.8 Å². The number of ether oxygens (including phenoxy) is 2. The van der Waals surface area contributed by atoms with Gasteiger partial charge in [0.2, 0.25) is 0 Å². The van der Waals surface area contributed by atoms with Gasteiger partial charge in [0.15, 0.2) is 0 Å². The van der Waals surface area contributed by atoms with Crippen molar-refractivity contribution in [3.05, 3.63) is 28.8 Å². The van der Waals surface area contributed by atoms with Crippen LogP contribution in [0.25, 0.3) is 0 Å². The summed E-state index contributed by atoms with van der Waals surface area (Å²) in [5, 5.41) is 0.691. The number of benzene rings is 1. The fraction of sp³-hybridized carbons (Fsp3) is 0.571. The van der Waals surface area contributed by atoms with E-state index in [0.717, 1.165) is 24.2 Å². The van der Waals surface area contributed by atoms with Crippen LogP contribution >= 0.6 is 11.6 Å². The largest absolute Gasteiger partial charge is 0.490 e. The van der Waals surface area contributed by atoms with Crippen LogP contribution in [0.4, 0.5) is 0 Å². The molecule has 1 saturated heterocycles. The van der Waals surface area contributed by atoms with Gasteiger partial charge in [-0.25, -0.2) is 0 Å². The second-order valence-electron chi connectivity index (χ2n) is 4.92. The number of hydrogen-bond acceptors (Lipinski definition) is 3. The monoisotopic (exact) mass is 269 g/mol. The minimum atomic E-state index is 0.190. The van der Waals surface area contributed by atoms with Crippen LogP contribution in [0.1, 0.15) is 32.3 Å². The van der Waals surface area contributed by atoms with Gasteiger partial charge >= 0.3 is 0 Å². The van der Waals surface area contributed by atoms with E-state index >= 15 is 0 Å². The molecule has 1 fully saturated rings. The Morgan fingerprint density at radius 3 is 2.61 bits per heavy atom. The van der Waals surface area contributed by atoms with Crippen LogP contribution in [0.5, 0.6) is 5.75 Å². The van der Waals surface area contributed by atoms with Crippen molar-refractivity contribution in [2.24, 2.45) is 5.73 Å². The first-order valence-electron chi connectivity index (χ1n) is 6.39. The SMILES string of the molecule is CC1CC(Oc2ccc(Cl)cc2CN)CC(C)O1. The predicted molar refractivity (Wildman–Crippen MR) is 73.0 cm³/mol. The molecule has 100 valence electrons. The molecule has 0 aromatic heterocycles. The van der Waals surface area contributed by atoms with Crippen molar-refractivity contribution in [1.29, 1.82) is 0 Å². The Hall–Kier alpha value is -0.770. The van der Waals surface area contributed by atoms with E-state index in [1.807, 2.05) is 18.2 Å². The summed E-state index contributed by atoms with van der Waals surface area (Å²) in [6.07, 6.45) is 2.50. The van der Waals surface area contributed by atoms with Crippen molar-refractivity contribution >= 4 is 11.6 Å². The lowest BCUT2D eigenvalue weighted by Crippen LogP contribution is -2.35. The molecule has 0 spiro atoms. The molecule has 1 aliphatic heterocycles. The lowest BCUT2D eigenvalue weighted by molar-refractivity contribution is -0.0723. The normalized spacial score (nSPS) is 28.1. The number of rotatable bonds is 3. The molecule has 2 N–H and O–H groups in total. The van der Waals surface area contributed by atoms with Gasteiger partial charge in [-0.2, -0.15) is 0 Å². The van der Waals surface area contributed by atoms with Gasteiger partial charge in [0.25, 0.3) is 0 Å². The molecular formula is C14H20ClNO2. The van der Waals surface area contributed by atoms with Gasteiger partial charge in [-0.05, 0) is 32.0 Å². The number of nitrogens with two attached hydrogens (primary N) is 1. The third-order valence-electron chi connectivity index (χ3n) is 3.19. The van der Waals surface area contributed by atoms with Gasteiger partial charge in [0, 0.05) is 30.0 Å². The lowest BCUT2D eigenvalue weighted by atomic mass is 10.0. The quantitative estimate of drug-likeness (QED) is 0.917. The minimum Gasteiger partial charge on any atom is -0.490 e. The summed E-state index contributed by atoms with van der Waals surface area (Å²) in [6, 6.07) is 5.60. The Morgan fingerprint density at radius 2 is 2.00 bits per heavy atom. The summed E-state index contributed by atoms with van der Waals surface area (Å²) in [7, 11) is 0. The van der Waals surface area contributed by atoms with Gasteiger partial charge < -0.3 is 15.2 Å². The fourth-order valence-electron chi connectivity index (χ4n) is 2.44. The van der Waals surface area contributed by atoms with Crippen LogP contribution < -0.4 is 10.5 Å². The molecule has 4 heteroatoms. The smallest absolute Gasteiger partial charge is 0.124 e. The molecule has 0 amide bonds. The van der Waals surface area contributed by atoms with Crippen molar-refractivity contribution in [2.75, 3.05) is 0 Å². The van der Waals surface area contributed by atoms with Crippen LogP contribution in [0.3, 0.4) is 0 Å². The van der Waals surface area contributed by atoms with E-state index in [-0.39, 0.29) is 18.3 Å². The standard InChI is InChI=1S/C14H20ClNO2/c1-9-5-13(6-10(2)17-9)18-14-4-3-12(15)7-11(14)8-16/h3-4,7,9-10,13H,5-6,8,16H2,1-2H3. The highest BCUT2D eigenvalue weighted by atomic mass is 35.5. The molecule has 2 atom stereocenters. The maximum absolute atomic E-state index is 6.05. The molecule has 1 aromatic carbocycles. The average molecular weight is 270 g/mol. The number of halogens is 1. The summed E-state index contributed by atoms with van der Waals surface area (Å²) >= 11 is 5.95. The van der Waals surface area contributed by atoms with E-state index in [4.69, 9.17) is 26.8 Å². The highest BCUT2D eigenvalue weighted by Crippen LogP contribution is 2.28. The molecule has 18 heavy (non-hydrogen) atoms. The molecule has 1 aliphatic rings. The Bertz CT molecular complexity index is 401. The highest BCUT2D eigenvalue weighted by Gasteiger charge is 2.26. The molecule has 0 saturated carbocycles. The van der Waals surface area contributed by atoms with Gasteiger partial charge in [0.05, 0.1) is 12.2 Å². The Labute approximate surface area is 113 Å². The van der Waals surface area contributed by atoms with Crippen LogP contribution in [0.2, 0.25) is 5.02 Å². The Morgan fingerprint density at radius 1 is 1.33 bits per heavy atom. The van der Waals surface area contributed by atoms with Gasteiger partial charge in [-0.1, -0.05) is 11.6 Å². The molecule has 2 unspecified atom stereocenters. The predicted octanol–water partition coefficient (Wildman–Crippen LogP) is 3.13. The molecule has 2 rings (SSSR count). The van der Waals surface area contributed by atoms with Crippen molar-refractivity contribution in [3.63, 3.8) is 0 Å². The van der Waals surface area contributed by atoms with Crippen LogP contribution in [0, 0.1) is 0 Å². The minimum absolute atomic E-state index is 0.190. The molecular weight excluding hydrogens is 250 g/mol. The zero-order chi connectivity index (χ0) is 13.1. The van der Waals surface area contributed by atoms with Crippen LogP contribution in [0.15, 0.2) is 18.2 Å². The van der Waals surface area contributed by atoms with Crippen LogP contribution in [-0.4, -0.2) is 18.3 Å². The second-order valence-corrected chi connectivity index (χ2v) is 5.36. The first-order chi connectivity index (χ1) is 8.58. The van der Waals surface area contributed by atoms with Crippen LogP contribution in [-0.2, 0) is 11.3 Å². The van der Waals surface area contributed by atoms with Gasteiger partial charge in [0.1, 0.15) is 11.9 Å². The molecule has 1 aromatic rings. The van der Waals surface area contributed by atoms with E-state index in [9.17, 15) is 0 Å². The van der Waals surface area contributed by atoms with Crippen molar-refractivity contribution in [2.45, 2.75) is 51.5 Å². The topological polar surface area (TPSA) is 44.5 Å². The fourth-order valence-corrected chi connectivity index (χ4v) is 2.64. The van der Waals surface area contributed by atoms with Crippen molar-refractivity contribution in [1.82, 2.24) is 0 Å². The van der Waals surface area contributed by atoms with E-state index < -0.39 is 0 Å². The second kappa shape index (κ2) is 5.91. The third kappa shape index (κ3) is 3.37. The van der Waals surface area contributed by atoms with E-state index in [1.54, 1.807) is 0 Å². The highest BCUT2D eigenvalue weighted by molar-refractivity contribution is 6.30. The lowest BCUT2D eigenvalue weighted by Gasteiger charge is -2.32.